The number of aromatic hydroxyl groups is 1. The molecule has 1 saturated heterocycles. The lowest BCUT2D eigenvalue weighted by Gasteiger charge is -2.35. The third kappa shape index (κ3) is 4.80. The van der Waals surface area contributed by atoms with E-state index in [1.165, 1.54) is 10.2 Å². The number of aromatic nitrogens is 3. The van der Waals surface area contributed by atoms with Gasteiger partial charge in [0, 0.05) is 23.7 Å². The standard InChI is InChI=1S/C30H30N4O2/c1-3-22-17-21(2)29(28(35)19-22)25-14-12-24(13-15-25)27-20-34(32-31-27)30(36)33-16-8-7-11-26(33)18-23-9-5-4-6-10-23/h3-6,9-10,12-15,17,19-20,26,35H,1,7-8,11,16,18H2,2H3. The Morgan fingerprint density at radius 3 is 2.56 bits per heavy atom. The Morgan fingerprint density at radius 1 is 1.08 bits per heavy atom. The van der Waals surface area contributed by atoms with Crippen molar-refractivity contribution in [1.29, 1.82) is 0 Å². The summed E-state index contributed by atoms with van der Waals surface area (Å²) in [5, 5.41) is 19.0. The zero-order valence-electron chi connectivity index (χ0n) is 20.5. The Bertz CT molecular complexity index is 1350. The van der Waals surface area contributed by atoms with Crippen LogP contribution in [0.4, 0.5) is 4.79 Å². The smallest absolute Gasteiger partial charge is 0.346 e. The fourth-order valence-corrected chi connectivity index (χ4v) is 5.07. The summed E-state index contributed by atoms with van der Waals surface area (Å²) in [5.74, 6) is 0.223. The highest BCUT2D eigenvalue weighted by Crippen LogP contribution is 2.35. The molecule has 0 radical (unpaired) electrons. The molecule has 1 amide bonds. The van der Waals surface area contributed by atoms with Crippen LogP contribution in [0.5, 0.6) is 5.75 Å². The minimum Gasteiger partial charge on any atom is -0.507 e. The Labute approximate surface area is 211 Å². The predicted molar refractivity (Wildman–Crippen MR) is 143 cm³/mol. The van der Waals surface area contributed by atoms with E-state index in [0.717, 1.165) is 60.0 Å². The molecule has 1 N–H and O–H groups in total. The van der Waals surface area contributed by atoms with Crippen LogP contribution in [0.2, 0.25) is 0 Å². The number of hydrogen-bond acceptors (Lipinski definition) is 4. The number of benzene rings is 3. The average molecular weight is 479 g/mol. The number of carbonyl (C=O) groups is 1. The molecule has 182 valence electrons. The van der Waals surface area contributed by atoms with Crippen LogP contribution in [0.1, 0.15) is 36.0 Å². The molecule has 0 aliphatic carbocycles. The van der Waals surface area contributed by atoms with Crippen LogP contribution in [-0.4, -0.2) is 43.6 Å². The first kappa shape index (κ1) is 23.5. The van der Waals surface area contributed by atoms with Crippen molar-refractivity contribution in [3.8, 4) is 28.1 Å². The van der Waals surface area contributed by atoms with Gasteiger partial charge in [0.1, 0.15) is 11.4 Å². The third-order valence-corrected chi connectivity index (χ3v) is 6.92. The van der Waals surface area contributed by atoms with Crippen molar-refractivity contribution in [3.63, 3.8) is 0 Å². The van der Waals surface area contributed by atoms with E-state index in [9.17, 15) is 9.90 Å². The zero-order valence-corrected chi connectivity index (χ0v) is 20.5. The fraction of sp³-hybridized carbons (Fsp3) is 0.233. The first-order valence-electron chi connectivity index (χ1n) is 12.4. The van der Waals surface area contributed by atoms with Crippen molar-refractivity contribution in [2.45, 2.75) is 38.6 Å². The minimum atomic E-state index is -0.131. The van der Waals surface area contributed by atoms with Crippen molar-refractivity contribution in [1.82, 2.24) is 19.9 Å². The van der Waals surface area contributed by atoms with E-state index < -0.39 is 0 Å². The molecule has 0 spiro atoms. The van der Waals surface area contributed by atoms with Crippen LogP contribution < -0.4 is 0 Å². The maximum absolute atomic E-state index is 13.4. The first-order chi connectivity index (χ1) is 17.5. The second-order valence-electron chi connectivity index (χ2n) is 9.38. The molecular formula is C30H30N4O2. The monoisotopic (exact) mass is 478 g/mol. The number of piperidine rings is 1. The molecule has 5 rings (SSSR count). The van der Waals surface area contributed by atoms with Crippen molar-refractivity contribution in [2.75, 3.05) is 6.54 Å². The number of hydrogen-bond donors (Lipinski definition) is 1. The first-order valence-corrected chi connectivity index (χ1v) is 12.4. The molecule has 1 aliphatic rings. The number of rotatable bonds is 5. The van der Waals surface area contributed by atoms with Gasteiger partial charge in [-0.25, -0.2) is 4.79 Å². The van der Waals surface area contributed by atoms with Crippen LogP contribution in [0.25, 0.3) is 28.5 Å². The third-order valence-electron chi connectivity index (χ3n) is 6.92. The van der Waals surface area contributed by atoms with Gasteiger partial charge in [-0.3, -0.25) is 0 Å². The molecule has 1 fully saturated rings. The average Bonchev–Trinajstić information content (AvgIpc) is 3.39. The molecule has 1 unspecified atom stereocenters. The summed E-state index contributed by atoms with van der Waals surface area (Å²) in [6.07, 6.45) is 7.38. The Kier molecular flexibility index (Phi) is 6.67. The number of aryl methyl sites for hydroxylation is 1. The summed E-state index contributed by atoms with van der Waals surface area (Å²) in [7, 11) is 0. The van der Waals surface area contributed by atoms with Crippen LogP contribution >= 0.6 is 0 Å². The maximum atomic E-state index is 13.4. The SMILES string of the molecule is C=Cc1cc(C)c(-c2ccc(-c3cn(C(=O)N4CCCCC4Cc4ccccc4)nn3)cc2)c(O)c1. The molecule has 6 nitrogen and oxygen atoms in total. The maximum Gasteiger partial charge on any atom is 0.346 e. The van der Waals surface area contributed by atoms with Gasteiger partial charge < -0.3 is 10.0 Å². The van der Waals surface area contributed by atoms with Gasteiger partial charge in [0.15, 0.2) is 0 Å². The van der Waals surface area contributed by atoms with Gasteiger partial charge in [-0.15, -0.1) is 5.10 Å². The zero-order chi connectivity index (χ0) is 25.1. The normalized spacial score (nSPS) is 15.6. The van der Waals surface area contributed by atoms with Crippen LogP contribution in [0.3, 0.4) is 0 Å². The molecule has 6 heteroatoms. The quantitative estimate of drug-likeness (QED) is 0.364. The molecular weight excluding hydrogens is 448 g/mol. The molecule has 4 aromatic rings. The fourth-order valence-electron chi connectivity index (χ4n) is 5.07. The van der Waals surface area contributed by atoms with Gasteiger partial charge in [-0.1, -0.05) is 78.5 Å². The number of likely N-dealkylation sites (tertiary alicyclic amines) is 1. The van der Waals surface area contributed by atoms with Gasteiger partial charge in [0.2, 0.25) is 0 Å². The topological polar surface area (TPSA) is 71.2 Å². The van der Waals surface area contributed by atoms with Gasteiger partial charge in [0.25, 0.3) is 0 Å². The van der Waals surface area contributed by atoms with E-state index in [0.29, 0.717) is 5.69 Å². The molecule has 1 aromatic heterocycles. The van der Waals surface area contributed by atoms with Gasteiger partial charge in [-0.05, 0) is 60.9 Å². The molecule has 0 saturated carbocycles. The number of amides is 1. The lowest BCUT2D eigenvalue weighted by molar-refractivity contribution is 0.149. The van der Waals surface area contributed by atoms with E-state index in [4.69, 9.17) is 0 Å². The van der Waals surface area contributed by atoms with Crippen LogP contribution in [0, 0.1) is 6.92 Å². The molecule has 1 atom stereocenters. The summed E-state index contributed by atoms with van der Waals surface area (Å²) < 4.78 is 1.36. The van der Waals surface area contributed by atoms with Crippen molar-refractivity contribution in [2.24, 2.45) is 0 Å². The summed E-state index contributed by atoms with van der Waals surface area (Å²) in [6.45, 7) is 6.48. The van der Waals surface area contributed by atoms with Gasteiger partial charge in [-0.2, -0.15) is 4.68 Å². The van der Waals surface area contributed by atoms with Crippen molar-refractivity contribution >= 4 is 12.1 Å². The number of phenolic OH excluding ortho intramolecular Hbond substituents is 1. The van der Waals surface area contributed by atoms with E-state index >= 15 is 0 Å². The molecule has 1 aliphatic heterocycles. The summed E-state index contributed by atoms with van der Waals surface area (Å²) in [5.41, 5.74) is 6.28. The second-order valence-corrected chi connectivity index (χ2v) is 9.38. The second kappa shape index (κ2) is 10.2. The predicted octanol–water partition coefficient (Wildman–Crippen LogP) is 6.33. The molecule has 36 heavy (non-hydrogen) atoms. The molecule has 0 bridgehead atoms. The highest BCUT2D eigenvalue weighted by Gasteiger charge is 2.28. The van der Waals surface area contributed by atoms with Gasteiger partial charge >= 0.3 is 6.03 Å². The lowest BCUT2D eigenvalue weighted by atomic mass is 9.96. The Balaban J connectivity index is 1.34. The summed E-state index contributed by atoms with van der Waals surface area (Å²) in [6, 6.07) is 21.8. The molecule has 2 heterocycles. The van der Waals surface area contributed by atoms with E-state index in [1.807, 2.05) is 60.4 Å². The number of carbonyl (C=O) groups excluding carboxylic acids is 1. The van der Waals surface area contributed by atoms with E-state index in [-0.39, 0.29) is 17.8 Å². The Hall–Kier alpha value is -4.19. The lowest BCUT2D eigenvalue weighted by Crippen LogP contribution is -2.46. The summed E-state index contributed by atoms with van der Waals surface area (Å²) in [4.78, 5) is 15.3. The largest absolute Gasteiger partial charge is 0.507 e. The van der Waals surface area contributed by atoms with E-state index in [1.54, 1.807) is 18.3 Å². The Morgan fingerprint density at radius 2 is 1.83 bits per heavy atom. The highest BCUT2D eigenvalue weighted by molar-refractivity contribution is 5.79. The van der Waals surface area contributed by atoms with Crippen LogP contribution in [-0.2, 0) is 6.42 Å². The number of phenols is 1. The van der Waals surface area contributed by atoms with Crippen molar-refractivity contribution in [3.05, 3.63) is 96.2 Å². The number of nitrogens with zero attached hydrogens (tertiary/aromatic N) is 4. The van der Waals surface area contributed by atoms with Gasteiger partial charge in [0.05, 0.1) is 6.20 Å². The highest BCUT2D eigenvalue weighted by atomic mass is 16.3. The van der Waals surface area contributed by atoms with Crippen LogP contribution in [0.15, 0.2) is 79.5 Å². The van der Waals surface area contributed by atoms with Crippen molar-refractivity contribution < 1.29 is 9.90 Å². The van der Waals surface area contributed by atoms with E-state index in [2.05, 4.69) is 29.0 Å². The molecule has 3 aromatic carbocycles. The minimum absolute atomic E-state index is 0.131. The summed E-state index contributed by atoms with van der Waals surface area (Å²) >= 11 is 0.